The molecule has 0 bridgehead atoms. The van der Waals surface area contributed by atoms with Crippen LogP contribution in [0.4, 0.5) is 11.4 Å². The van der Waals surface area contributed by atoms with Gasteiger partial charge < -0.3 is 24.8 Å². The summed E-state index contributed by atoms with van der Waals surface area (Å²) in [5.74, 6) is 0.328. The summed E-state index contributed by atoms with van der Waals surface area (Å²) >= 11 is 5.79. The molecule has 2 saturated heterocycles. The van der Waals surface area contributed by atoms with E-state index in [-0.39, 0.29) is 18.2 Å². The standard InChI is InChI=1S/C27H35N5O3S/c1-20-5-9-22(10-6-20)32-26(34)24(19-25(33)28-21-7-11-23(35-3)12-8-21)31(27(32)36)14-4-13-30-17-15-29(2)16-18-30/h5-12,24H,4,13-19H2,1-3H3,(H,28,33). The van der Waals surface area contributed by atoms with Gasteiger partial charge >= 0.3 is 0 Å². The molecule has 2 aromatic carbocycles. The normalized spacial score (nSPS) is 19.1. The van der Waals surface area contributed by atoms with Crippen molar-refractivity contribution in [1.29, 1.82) is 0 Å². The molecule has 2 aliphatic heterocycles. The molecule has 2 fully saturated rings. The minimum Gasteiger partial charge on any atom is -0.497 e. The van der Waals surface area contributed by atoms with Gasteiger partial charge in [-0.3, -0.25) is 14.5 Å². The lowest BCUT2D eigenvalue weighted by Gasteiger charge is -2.33. The lowest BCUT2D eigenvalue weighted by atomic mass is 10.1. The van der Waals surface area contributed by atoms with E-state index >= 15 is 0 Å². The quantitative estimate of drug-likeness (QED) is 0.522. The lowest BCUT2D eigenvalue weighted by Crippen LogP contribution is -2.45. The summed E-state index contributed by atoms with van der Waals surface area (Å²) < 4.78 is 5.18. The molecule has 9 heteroatoms. The van der Waals surface area contributed by atoms with Crippen LogP contribution in [0.15, 0.2) is 48.5 Å². The van der Waals surface area contributed by atoms with Crippen molar-refractivity contribution in [2.45, 2.75) is 25.8 Å². The highest BCUT2D eigenvalue weighted by atomic mass is 32.1. The van der Waals surface area contributed by atoms with E-state index in [2.05, 4.69) is 22.2 Å². The van der Waals surface area contributed by atoms with Crippen LogP contribution in [0.5, 0.6) is 5.75 Å². The molecule has 0 saturated carbocycles. The number of methoxy groups -OCH3 is 1. The number of thiocarbonyl (C=S) groups is 1. The van der Waals surface area contributed by atoms with E-state index in [9.17, 15) is 9.59 Å². The van der Waals surface area contributed by atoms with Gasteiger partial charge in [-0.15, -0.1) is 0 Å². The molecule has 2 aliphatic rings. The highest BCUT2D eigenvalue weighted by Gasteiger charge is 2.43. The SMILES string of the molecule is COc1ccc(NC(=O)CC2C(=O)N(c3ccc(C)cc3)C(=S)N2CCCN2CCN(C)CC2)cc1. The minimum absolute atomic E-state index is 0.0296. The fraction of sp³-hybridized carbons (Fsp3) is 0.444. The number of amides is 2. The molecular formula is C27H35N5O3S. The number of nitrogens with zero attached hydrogens (tertiary/aromatic N) is 4. The average Bonchev–Trinajstić information content (AvgIpc) is 3.10. The van der Waals surface area contributed by atoms with Gasteiger partial charge in [0.05, 0.1) is 19.2 Å². The van der Waals surface area contributed by atoms with Crippen molar-refractivity contribution in [3.05, 3.63) is 54.1 Å². The summed E-state index contributed by atoms with van der Waals surface area (Å²) in [7, 11) is 3.74. The number of nitrogens with one attached hydrogen (secondary N) is 1. The lowest BCUT2D eigenvalue weighted by molar-refractivity contribution is -0.124. The first-order chi connectivity index (χ1) is 17.4. The third-order valence-electron chi connectivity index (χ3n) is 6.83. The van der Waals surface area contributed by atoms with Crippen molar-refractivity contribution in [3.8, 4) is 5.75 Å². The van der Waals surface area contributed by atoms with Gasteiger partial charge in [0.25, 0.3) is 5.91 Å². The molecule has 0 aromatic heterocycles. The van der Waals surface area contributed by atoms with Crippen LogP contribution in [-0.4, -0.2) is 91.1 Å². The number of likely N-dealkylation sites (N-methyl/N-ethyl adjacent to an activating group) is 1. The van der Waals surface area contributed by atoms with Gasteiger partial charge in [-0.05, 0) is 75.6 Å². The molecule has 4 rings (SSSR count). The molecule has 1 N–H and O–H groups in total. The molecule has 2 aromatic rings. The van der Waals surface area contributed by atoms with E-state index in [4.69, 9.17) is 17.0 Å². The van der Waals surface area contributed by atoms with Crippen LogP contribution >= 0.6 is 12.2 Å². The van der Waals surface area contributed by atoms with Gasteiger partial charge in [-0.25, -0.2) is 0 Å². The van der Waals surface area contributed by atoms with Crippen LogP contribution in [0, 0.1) is 6.92 Å². The third-order valence-corrected chi connectivity index (χ3v) is 7.25. The molecular weight excluding hydrogens is 474 g/mol. The monoisotopic (exact) mass is 509 g/mol. The van der Waals surface area contributed by atoms with E-state index < -0.39 is 6.04 Å². The highest BCUT2D eigenvalue weighted by molar-refractivity contribution is 7.80. The topological polar surface area (TPSA) is 68.4 Å². The summed E-state index contributed by atoms with van der Waals surface area (Å²) in [5, 5.41) is 3.36. The Morgan fingerprint density at radius 3 is 2.33 bits per heavy atom. The summed E-state index contributed by atoms with van der Waals surface area (Å²) in [6, 6.07) is 14.2. The zero-order chi connectivity index (χ0) is 25.7. The van der Waals surface area contributed by atoms with Gasteiger partial charge in [-0.1, -0.05) is 17.7 Å². The second-order valence-corrected chi connectivity index (χ2v) is 9.85. The van der Waals surface area contributed by atoms with E-state index in [0.717, 1.165) is 50.4 Å². The second kappa shape index (κ2) is 11.8. The van der Waals surface area contributed by atoms with Crippen molar-refractivity contribution in [2.75, 3.05) is 63.6 Å². The Hall–Kier alpha value is -3.01. The predicted molar refractivity (Wildman–Crippen MR) is 147 cm³/mol. The smallest absolute Gasteiger partial charge is 0.256 e. The van der Waals surface area contributed by atoms with Crippen LogP contribution in [0.3, 0.4) is 0 Å². The molecule has 0 radical (unpaired) electrons. The van der Waals surface area contributed by atoms with Crippen LogP contribution in [0.25, 0.3) is 0 Å². The van der Waals surface area contributed by atoms with E-state index in [1.165, 1.54) is 0 Å². The van der Waals surface area contributed by atoms with Crippen LogP contribution < -0.4 is 15.0 Å². The van der Waals surface area contributed by atoms with Crippen LogP contribution in [-0.2, 0) is 9.59 Å². The van der Waals surface area contributed by atoms with Crippen molar-refractivity contribution in [2.24, 2.45) is 0 Å². The maximum absolute atomic E-state index is 13.6. The first-order valence-electron chi connectivity index (χ1n) is 12.4. The molecule has 0 spiro atoms. The van der Waals surface area contributed by atoms with Crippen molar-refractivity contribution < 1.29 is 14.3 Å². The molecule has 36 heavy (non-hydrogen) atoms. The Morgan fingerprint density at radius 2 is 1.69 bits per heavy atom. The Balaban J connectivity index is 1.45. The second-order valence-electron chi connectivity index (χ2n) is 9.48. The summed E-state index contributed by atoms with van der Waals surface area (Å²) in [6.45, 7) is 7.79. The number of ether oxygens (including phenoxy) is 1. The van der Waals surface area contributed by atoms with Crippen LogP contribution in [0.2, 0.25) is 0 Å². The number of hydrogen-bond acceptors (Lipinski definition) is 6. The average molecular weight is 510 g/mol. The molecule has 192 valence electrons. The van der Waals surface area contributed by atoms with Gasteiger partial charge in [0.1, 0.15) is 11.8 Å². The fourth-order valence-electron chi connectivity index (χ4n) is 4.62. The number of rotatable bonds is 9. The van der Waals surface area contributed by atoms with Gasteiger partial charge in [0, 0.05) is 38.4 Å². The van der Waals surface area contributed by atoms with Gasteiger partial charge in [0.2, 0.25) is 5.91 Å². The van der Waals surface area contributed by atoms with Crippen molar-refractivity contribution >= 4 is 40.5 Å². The van der Waals surface area contributed by atoms with E-state index in [1.807, 2.05) is 36.1 Å². The Morgan fingerprint density at radius 1 is 1.03 bits per heavy atom. The van der Waals surface area contributed by atoms with Gasteiger partial charge in [0.15, 0.2) is 5.11 Å². The number of carbonyl (C=O) groups excluding carboxylic acids is 2. The maximum atomic E-state index is 13.6. The Labute approximate surface area is 218 Å². The Bertz CT molecular complexity index is 1070. The number of benzene rings is 2. The van der Waals surface area contributed by atoms with E-state index in [1.54, 1.807) is 36.3 Å². The molecule has 2 heterocycles. The fourth-order valence-corrected chi connectivity index (χ4v) is 5.03. The largest absolute Gasteiger partial charge is 0.497 e. The molecule has 0 aliphatic carbocycles. The number of piperazine rings is 1. The first-order valence-corrected chi connectivity index (χ1v) is 12.8. The number of anilines is 2. The number of carbonyl (C=O) groups is 2. The zero-order valence-electron chi connectivity index (χ0n) is 21.3. The van der Waals surface area contributed by atoms with Crippen molar-refractivity contribution in [3.63, 3.8) is 0 Å². The molecule has 8 nitrogen and oxygen atoms in total. The van der Waals surface area contributed by atoms with E-state index in [0.29, 0.717) is 23.1 Å². The highest BCUT2D eigenvalue weighted by Crippen LogP contribution is 2.28. The Kier molecular flexibility index (Phi) is 8.56. The molecule has 2 amide bonds. The minimum atomic E-state index is -0.635. The molecule has 1 atom stereocenters. The predicted octanol–water partition coefficient (Wildman–Crippen LogP) is 2.97. The van der Waals surface area contributed by atoms with Crippen LogP contribution in [0.1, 0.15) is 18.4 Å². The number of aryl methyl sites for hydroxylation is 1. The first kappa shape index (κ1) is 26.1. The summed E-state index contributed by atoms with van der Waals surface area (Å²) in [5.41, 5.74) is 2.50. The van der Waals surface area contributed by atoms with Crippen molar-refractivity contribution in [1.82, 2.24) is 14.7 Å². The zero-order valence-corrected chi connectivity index (χ0v) is 22.1. The molecule has 1 unspecified atom stereocenters. The summed E-state index contributed by atoms with van der Waals surface area (Å²) in [4.78, 5) is 34.8. The maximum Gasteiger partial charge on any atom is 0.256 e. The number of hydrogen-bond donors (Lipinski definition) is 1. The third kappa shape index (κ3) is 6.21. The summed E-state index contributed by atoms with van der Waals surface area (Å²) in [6.07, 6.45) is 0.900. The van der Waals surface area contributed by atoms with Gasteiger partial charge in [-0.2, -0.15) is 0 Å².